The topological polar surface area (TPSA) is 46.2 Å². The minimum Gasteiger partial charge on any atom is -0.375 e. The zero-order valence-electron chi connectivity index (χ0n) is 83.8. The lowest BCUT2D eigenvalue weighted by atomic mass is 9.43. The molecule has 0 saturated heterocycles. The highest BCUT2D eigenvalue weighted by Gasteiger charge is 2.60. The molecule has 1 aromatic carbocycles. The van der Waals surface area contributed by atoms with E-state index in [1.807, 2.05) is 0 Å². The highest BCUT2D eigenvalue weighted by atomic mass is 16.5. The van der Waals surface area contributed by atoms with Gasteiger partial charge in [-0.25, -0.2) is 0 Å². The summed E-state index contributed by atoms with van der Waals surface area (Å²) in [5, 5.41) is 0. The van der Waals surface area contributed by atoms with Gasteiger partial charge in [0.2, 0.25) is 0 Å². The number of rotatable bonds is 9. The molecule has 11 aliphatic carbocycles. The van der Waals surface area contributed by atoms with Gasteiger partial charge < -0.3 is 23.7 Å². The lowest BCUT2D eigenvalue weighted by Gasteiger charge is -2.62. The van der Waals surface area contributed by atoms with Gasteiger partial charge in [-0.15, -0.1) is 0 Å². The first kappa shape index (κ1) is 105. The third-order valence-electron chi connectivity index (χ3n) is 30.2. The number of fused-ring (bicyclic) bond motifs is 2. The molecule has 5 heteroatoms. The van der Waals surface area contributed by atoms with Crippen LogP contribution in [0.5, 0.6) is 0 Å². The summed E-state index contributed by atoms with van der Waals surface area (Å²) < 4.78 is 30.6. The maximum Gasteiger partial charge on any atom is 0.0685 e. The van der Waals surface area contributed by atoms with Gasteiger partial charge in [0, 0.05) is 0 Å². The predicted molar refractivity (Wildman–Crippen MR) is 495 cm³/mol. The second-order valence-electron chi connectivity index (χ2n) is 51.0. The van der Waals surface area contributed by atoms with E-state index >= 15 is 0 Å². The van der Waals surface area contributed by atoms with Crippen LogP contribution in [-0.4, -0.2) is 59.5 Å². The van der Waals surface area contributed by atoms with E-state index in [1.54, 1.807) is 38.5 Å². The lowest BCUT2D eigenvalue weighted by molar-refractivity contribution is -0.162. The van der Waals surface area contributed by atoms with Crippen LogP contribution in [0.2, 0.25) is 0 Å². The van der Waals surface area contributed by atoms with Crippen LogP contribution < -0.4 is 0 Å². The fourth-order valence-corrected chi connectivity index (χ4v) is 21.6. The van der Waals surface area contributed by atoms with Crippen LogP contribution in [0.4, 0.5) is 0 Å². The zero-order chi connectivity index (χ0) is 86.0. The second-order valence-corrected chi connectivity index (χ2v) is 51.0. The van der Waals surface area contributed by atoms with Crippen LogP contribution in [-0.2, 0) is 29.1 Å². The van der Waals surface area contributed by atoms with Crippen molar-refractivity contribution in [3.63, 3.8) is 0 Å². The molecule has 2 unspecified atom stereocenters. The summed E-state index contributed by atoms with van der Waals surface area (Å²) in [6.07, 6.45) is 44.0. The van der Waals surface area contributed by atoms with Crippen LogP contribution in [0.15, 0.2) is 30.3 Å². The van der Waals surface area contributed by atoms with E-state index in [1.165, 1.54) is 153 Å². The molecule has 112 heavy (non-hydrogen) atoms. The Bertz CT molecular complexity index is 2620. The molecular weight excluding hydrogens is 1370 g/mol. The largest absolute Gasteiger partial charge is 0.375 e. The van der Waals surface area contributed by atoms with E-state index < -0.39 is 0 Å². The van der Waals surface area contributed by atoms with Crippen LogP contribution >= 0.6 is 0 Å². The predicted octanol–water partition coefficient (Wildman–Crippen LogP) is 33.6. The molecule has 11 saturated carbocycles. The maximum atomic E-state index is 6.32. The average Bonchev–Trinajstić information content (AvgIpc) is 1.21. The molecule has 662 valence electrons. The maximum absolute atomic E-state index is 6.32. The summed E-state index contributed by atoms with van der Waals surface area (Å²) in [5.41, 5.74) is 5.99. The minimum atomic E-state index is -0.0193. The highest BCUT2D eigenvalue weighted by Crippen LogP contribution is 2.66. The second kappa shape index (κ2) is 43.7. The lowest BCUT2D eigenvalue weighted by Crippen LogP contribution is -2.51. The van der Waals surface area contributed by atoms with E-state index in [0.29, 0.717) is 91.5 Å². The highest BCUT2D eigenvalue weighted by molar-refractivity contribution is 5.22. The Morgan fingerprint density at radius 1 is 0.384 bits per heavy atom. The number of ether oxygens (including phenoxy) is 5. The molecule has 0 radical (unpaired) electrons. The molecule has 0 N–H and O–H groups in total. The van der Waals surface area contributed by atoms with Crippen molar-refractivity contribution in [3.05, 3.63) is 35.9 Å². The van der Waals surface area contributed by atoms with Crippen molar-refractivity contribution in [1.82, 2.24) is 0 Å². The summed E-state index contributed by atoms with van der Waals surface area (Å²) in [6, 6.07) is 10.6. The van der Waals surface area contributed by atoms with Gasteiger partial charge in [0.05, 0.1) is 59.5 Å². The monoisotopic (exact) mass is 1570 g/mol. The average molecular weight is 1570 g/mol. The number of hydrogen-bond acceptors (Lipinski definition) is 5. The Kier molecular flexibility index (Phi) is 41.0. The van der Waals surface area contributed by atoms with Gasteiger partial charge in [0.25, 0.3) is 0 Å². The SMILES string of the molecule is CC(C)(C)C(C)(C)C.CC(C)(C)C12CC3CC(CC(C3)C1)C2.CC(C)(C)C1CCCCC1.CC(C)(C)OC1CCCCC1.CC(C)(C)OC1CCCCC1(C)C(C)(C)C.CC(C)(C)c1ccccc1.CC(C)O[C@H]1C(C)(C)[C@H]2CC[C@]1(C)C2.CC(C)O[C@H]1C[C@@H](C)CC[C@@H]1C(C)C.CC(C)[C@@H]1CC[C@@H](C)C[C@H]1OC(C)(C)C. The summed E-state index contributed by atoms with van der Waals surface area (Å²) in [5.74, 6) is 10.0. The van der Waals surface area contributed by atoms with Crippen LogP contribution in [0.25, 0.3) is 0 Å². The third kappa shape index (κ3) is 35.6. The third-order valence-corrected chi connectivity index (χ3v) is 30.2. The number of benzene rings is 1. The molecule has 11 atom stereocenters. The molecule has 1 aromatic rings. The van der Waals surface area contributed by atoms with Crippen LogP contribution in [0.1, 0.15) is 476 Å². The van der Waals surface area contributed by atoms with E-state index in [2.05, 4.69) is 314 Å². The van der Waals surface area contributed by atoms with E-state index in [4.69, 9.17) is 23.7 Å². The molecule has 6 bridgehead atoms. The van der Waals surface area contributed by atoms with Gasteiger partial charge in [-0.3, -0.25) is 0 Å². The van der Waals surface area contributed by atoms with Crippen LogP contribution in [0.3, 0.4) is 0 Å². The van der Waals surface area contributed by atoms with Crippen molar-refractivity contribution in [3.8, 4) is 0 Å². The Balaban J connectivity index is 0.000000329. The molecule has 5 nitrogen and oxygen atoms in total. The van der Waals surface area contributed by atoms with Gasteiger partial charge in [-0.05, 0) is 337 Å². The Labute approximate surface area is 704 Å². The first-order chi connectivity index (χ1) is 50.7. The van der Waals surface area contributed by atoms with Crippen molar-refractivity contribution in [2.45, 2.75) is 535 Å². The minimum absolute atomic E-state index is 0.00880. The molecule has 0 spiro atoms. The molecule has 0 heterocycles. The Hall–Kier alpha value is -0.980. The Morgan fingerprint density at radius 3 is 1.13 bits per heavy atom. The van der Waals surface area contributed by atoms with Gasteiger partial charge in [0.1, 0.15) is 0 Å². The van der Waals surface area contributed by atoms with Gasteiger partial charge >= 0.3 is 0 Å². The van der Waals surface area contributed by atoms with Crippen molar-refractivity contribution in [2.75, 3.05) is 0 Å². The smallest absolute Gasteiger partial charge is 0.0685 e. The molecule has 12 rings (SSSR count). The van der Waals surface area contributed by atoms with Crippen LogP contribution in [0, 0.1) is 114 Å². The molecule has 0 amide bonds. The zero-order valence-corrected chi connectivity index (χ0v) is 83.8. The fraction of sp³-hybridized carbons (Fsp3) is 0.944. The van der Waals surface area contributed by atoms with Gasteiger partial charge in [0.15, 0.2) is 0 Å². The summed E-state index contributed by atoms with van der Waals surface area (Å²) in [4.78, 5) is 0. The molecule has 11 fully saturated rings. The van der Waals surface area contributed by atoms with E-state index in [9.17, 15) is 0 Å². The fourth-order valence-electron chi connectivity index (χ4n) is 21.6. The first-order valence-electron chi connectivity index (χ1n) is 48.1. The summed E-state index contributed by atoms with van der Waals surface area (Å²) >= 11 is 0. The van der Waals surface area contributed by atoms with Gasteiger partial charge in [-0.1, -0.05) is 288 Å². The van der Waals surface area contributed by atoms with E-state index in [0.717, 1.165) is 70.5 Å². The standard InChI is InChI=1S/C15H30O.C14H28O.C14H24.C13H24O.C13H26O.C10H20O.C10H20.C10H14.C8H18/c1-13(2,3)15(7)11-9-8-10-12(15)16-14(4,5)6;1-10(2)12-8-7-11(3)9-13(12)15-14(4,5)6;1-13(2,3)14-7-10-4-11(8-14)6-12(5-10)9-14;1-9(2)14-11-12(3,4)10-6-7-13(11,5)8-10;1-9(2)12-7-6-11(5)8-13(12)14-10(3)4;1-10(2,3)11-9-7-5-4-6-8-9;2*1-10(2,3)9-7-5-4-6-8-9;1-7(2,3)8(4,5)6/h12H,8-11H2,1-7H3;10-13H,7-9H2,1-6H3;10-12H,4-9H2,1-3H3;9-11H,6-8H2,1-5H3;9-13H,6-8H2,1-5H3;9H,4-8H2,1-3H3;9H,4-8H2,1-3H3;4-8H,1-3H3;1-6H3/t;11-,12+,13-;;10-,11-,13+;11-,12+,13-;;;;/m.1.00..../s1. The number of hydrogen-bond donors (Lipinski definition) is 0. The first-order valence-corrected chi connectivity index (χ1v) is 48.1. The van der Waals surface area contributed by atoms with Crippen molar-refractivity contribution >= 4 is 0 Å². The van der Waals surface area contributed by atoms with Crippen molar-refractivity contribution in [2.24, 2.45) is 114 Å². The normalized spacial score (nSPS) is 31.7. The summed E-state index contributed by atoms with van der Waals surface area (Å²) in [6.45, 7) is 93.7. The molecule has 11 aliphatic rings. The molecule has 0 aromatic heterocycles. The van der Waals surface area contributed by atoms with Gasteiger partial charge in [-0.2, -0.15) is 0 Å². The van der Waals surface area contributed by atoms with Crippen molar-refractivity contribution < 1.29 is 23.7 Å². The Morgan fingerprint density at radius 2 is 0.795 bits per heavy atom. The quantitative estimate of drug-likeness (QED) is 0.247. The summed E-state index contributed by atoms with van der Waals surface area (Å²) in [7, 11) is 0. The molecular formula is C107H204O5. The molecule has 0 aliphatic heterocycles. The van der Waals surface area contributed by atoms with Crippen molar-refractivity contribution in [1.29, 1.82) is 0 Å². The van der Waals surface area contributed by atoms with E-state index in [-0.39, 0.29) is 16.8 Å².